The predicted molar refractivity (Wildman–Crippen MR) is 94.1 cm³/mol. The Balaban J connectivity index is 2.31. The molecular formula is C17H16Cl2N2O. The summed E-state index contributed by atoms with van der Waals surface area (Å²) in [4.78, 5) is 4.67. The Kier molecular flexibility index (Phi) is 4.39. The second kappa shape index (κ2) is 6.29. The number of hydrogen-bond acceptors (Lipinski definition) is 3. The third-order valence-corrected chi connectivity index (χ3v) is 4.28. The van der Waals surface area contributed by atoms with E-state index in [0.29, 0.717) is 15.6 Å². The fourth-order valence-electron chi connectivity index (χ4n) is 2.56. The predicted octanol–water partition coefficient (Wildman–Crippen LogP) is 4.88. The molecule has 0 unspecified atom stereocenters. The topological polar surface area (TPSA) is 45.1 Å². The highest BCUT2D eigenvalue weighted by atomic mass is 35.5. The average Bonchev–Trinajstić information content (AvgIpc) is 2.53. The molecule has 0 fully saturated rings. The van der Waals surface area contributed by atoms with Crippen molar-refractivity contribution < 1.29 is 5.11 Å². The van der Waals surface area contributed by atoms with Crippen LogP contribution in [0, 0.1) is 0 Å². The van der Waals surface area contributed by atoms with Crippen LogP contribution < -0.4 is 5.32 Å². The van der Waals surface area contributed by atoms with Gasteiger partial charge in [0, 0.05) is 15.8 Å². The molecule has 0 aliphatic carbocycles. The van der Waals surface area contributed by atoms with E-state index in [9.17, 15) is 5.11 Å². The Labute approximate surface area is 138 Å². The van der Waals surface area contributed by atoms with Crippen molar-refractivity contribution in [3.05, 3.63) is 46.4 Å². The summed E-state index contributed by atoms with van der Waals surface area (Å²) >= 11 is 12.4. The van der Waals surface area contributed by atoms with E-state index >= 15 is 0 Å². The van der Waals surface area contributed by atoms with Gasteiger partial charge in [-0.3, -0.25) is 0 Å². The third-order valence-electron chi connectivity index (χ3n) is 3.78. The van der Waals surface area contributed by atoms with Gasteiger partial charge in [-0.25, -0.2) is 4.98 Å². The number of hydrogen-bond donors (Lipinski definition) is 2. The minimum atomic E-state index is -0.0422. The number of aliphatic hydroxyl groups excluding tert-OH is 1. The quantitative estimate of drug-likeness (QED) is 0.668. The van der Waals surface area contributed by atoms with Crippen molar-refractivity contribution in [1.29, 1.82) is 0 Å². The van der Waals surface area contributed by atoms with Gasteiger partial charge in [0.1, 0.15) is 5.82 Å². The number of aliphatic hydroxyl groups is 1. The fraction of sp³-hybridized carbons (Fsp3) is 0.235. The number of nitrogens with one attached hydrogen (secondary N) is 1. The Morgan fingerprint density at radius 2 is 1.86 bits per heavy atom. The number of rotatable bonds is 4. The minimum absolute atomic E-state index is 0.0422. The lowest BCUT2D eigenvalue weighted by molar-refractivity contribution is 0.271. The van der Waals surface area contributed by atoms with Crippen LogP contribution in [0.5, 0.6) is 0 Å². The summed E-state index contributed by atoms with van der Waals surface area (Å²) in [6.45, 7) is 2.07. The largest absolute Gasteiger partial charge is 0.394 e. The molecule has 5 heteroatoms. The number of benzene rings is 2. The van der Waals surface area contributed by atoms with E-state index in [4.69, 9.17) is 23.2 Å². The van der Waals surface area contributed by atoms with Gasteiger partial charge >= 0.3 is 0 Å². The number of aromatic nitrogens is 1. The molecule has 3 aromatic rings. The SMILES string of the molecule is CC[C@@H](CO)Nc1nc2c(Cl)cc(Cl)cc2c2ccccc12. The maximum absolute atomic E-state index is 9.43. The molecule has 114 valence electrons. The van der Waals surface area contributed by atoms with Crippen LogP contribution in [0.25, 0.3) is 21.7 Å². The molecule has 3 nitrogen and oxygen atoms in total. The van der Waals surface area contributed by atoms with E-state index in [0.717, 1.165) is 28.4 Å². The van der Waals surface area contributed by atoms with Gasteiger partial charge < -0.3 is 10.4 Å². The molecule has 2 N–H and O–H groups in total. The van der Waals surface area contributed by atoms with E-state index in [1.54, 1.807) is 6.07 Å². The molecule has 0 aliphatic heterocycles. The monoisotopic (exact) mass is 334 g/mol. The highest BCUT2D eigenvalue weighted by molar-refractivity contribution is 6.39. The van der Waals surface area contributed by atoms with Gasteiger partial charge in [-0.05, 0) is 23.9 Å². The molecule has 0 aliphatic rings. The lowest BCUT2D eigenvalue weighted by Gasteiger charge is -2.18. The second-order valence-corrected chi connectivity index (χ2v) is 6.07. The Morgan fingerprint density at radius 3 is 2.55 bits per heavy atom. The summed E-state index contributed by atoms with van der Waals surface area (Å²) in [5, 5.41) is 16.8. The molecule has 2 aromatic carbocycles. The van der Waals surface area contributed by atoms with Gasteiger partial charge in [-0.1, -0.05) is 54.4 Å². The van der Waals surface area contributed by atoms with Crippen LogP contribution in [0.1, 0.15) is 13.3 Å². The number of anilines is 1. The van der Waals surface area contributed by atoms with E-state index in [1.165, 1.54) is 0 Å². The highest BCUT2D eigenvalue weighted by Crippen LogP contribution is 2.35. The zero-order chi connectivity index (χ0) is 15.7. The maximum Gasteiger partial charge on any atom is 0.134 e. The molecule has 3 rings (SSSR count). The Hall–Kier alpha value is -1.55. The van der Waals surface area contributed by atoms with Crippen LogP contribution in [-0.2, 0) is 0 Å². The molecule has 0 amide bonds. The molecule has 0 radical (unpaired) electrons. The first-order valence-corrected chi connectivity index (χ1v) is 7.94. The highest BCUT2D eigenvalue weighted by Gasteiger charge is 2.13. The van der Waals surface area contributed by atoms with Crippen molar-refractivity contribution in [2.45, 2.75) is 19.4 Å². The first-order chi connectivity index (χ1) is 10.6. The normalized spacial score (nSPS) is 12.7. The summed E-state index contributed by atoms with van der Waals surface area (Å²) in [6.07, 6.45) is 0.804. The summed E-state index contributed by atoms with van der Waals surface area (Å²) in [7, 11) is 0. The number of halogens is 2. The van der Waals surface area contributed by atoms with E-state index in [-0.39, 0.29) is 12.6 Å². The molecule has 0 saturated heterocycles. The lowest BCUT2D eigenvalue weighted by atomic mass is 10.1. The lowest BCUT2D eigenvalue weighted by Crippen LogP contribution is -2.23. The molecule has 0 saturated carbocycles. The Morgan fingerprint density at radius 1 is 1.14 bits per heavy atom. The number of fused-ring (bicyclic) bond motifs is 3. The van der Waals surface area contributed by atoms with Gasteiger partial charge in [-0.15, -0.1) is 0 Å². The molecule has 0 spiro atoms. The van der Waals surface area contributed by atoms with Crippen molar-refractivity contribution >= 4 is 50.7 Å². The van der Waals surface area contributed by atoms with Gasteiger partial charge in [0.15, 0.2) is 0 Å². The van der Waals surface area contributed by atoms with Crippen LogP contribution in [0.15, 0.2) is 36.4 Å². The van der Waals surface area contributed by atoms with E-state index < -0.39 is 0 Å². The van der Waals surface area contributed by atoms with E-state index in [2.05, 4.69) is 10.3 Å². The second-order valence-electron chi connectivity index (χ2n) is 5.22. The van der Waals surface area contributed by atoms with Crippen LogP contribution in [0.3, 0.4) is 0 Å². The minimum Gasteiger partial charge on any atom is -0.394 e. The van der Waals surface area contributed by atoms with Crippen LogP contribution >= 0.6 is 23.2 Å². The van der Waals surface area contributed by atoms with Crippen LogP contribution in [-0.4, -0.2) is 22.7 Å². The number of nitrogens with zero attached hydrogens (tertiary/aromatic N) is 1. The first kappa shape index (κ1) is 15.3. The van der Waals surface area contributed by atoms with E-state index in [1.807, 2.05) is 37.3 Å². The van der Waals surface area contributed by atoms with Gasteiger partial charge in [0.2, 0.25) is 0 Å². The van der Waals surface area contributed by atoms with Crippen LogP contribution in [0.4, 0.5) is 5.82 Å². The number of pyridine rings is 1. The molecule has 1 heterocycles. The van der Waals surface area contributed by atoms with Gasteiger partial charge in [-0.2, -0.15) is 0 Å². The first-order valence-electron chi connectivity index (χ1n) is 7.19. The van der Waals surface area contributed by atoms with Gasteiger partial charge in [0.05, 0.1) is 23.2 Å². The molecule has 1 aromatic heterocycles. The van der Waals surface area contributed by atoms with Crippen LogP contribution in [0.2, 0.25) is 10.0 Å². The molecular weight excluding hydrogens is 319 g/mol. The summed E-state index contributed by atoms with van der Waals surface area (Å²) < 4.78 is 0. The fourth-order valence-corrected chi connectivity index (χ4v) is 3.10. The third kappa shape index (κ3) is 2.72. The zero-order valence-electron chi connectivity index (χ0n) is 12.1. The standard InChI is InChI=1S/C17H16Cl2N2O/c1-2-11(9-22)20-17-13-6-4-3-5-12(13)14-7-10(18)8-15(19)16(14)21-17/h3-8,11,22H,2,9H2,1H3,(H,20,21)/t11-/m0/s1. The van der Waals surface area contributed by atoms with Crippen molar-refractivity contribution in [3.63, 3.8) is 0 Å². The molecule has 22 heavy (non-hydrogen) atoms. The summed E-state index contributed by atoms with van der Waals surface area (Å²) in [5.74, 6) is 0.730. The van der Waals surface area contributed by atoms with Crippen molar-refractivity contribution in [2.24, 2.45) is 0 Å². The average molecular weight is 335 g/mol. The zero-order valence-corrected chi connectivity index (χ0v) is 13.6. The molecule has 1 atom stereocenters. The van der Waals surface area contributed by atoms with Crippen molar-refractivity contribution in [2.75, 3.05) is 11.9 Å². The van der Waals surface area contributed by atoms with Crippen molar-refractivity contribution in [3.8, 4) is 0 Å². The molecule has 0 bridgehead atoms. The smallest absolute Gasteiger partial charge is 0.134 e. The summed E-state index contributed by atoms with van der Waals surface area (Å²) in [6, 6.07) is 11.5. The maximum atomic E-state index is 9.43. The van der Waals surface area contributed by atoms with Crippen molar-refractivity contribution in [1.82, 2.24) is 4.98 Å². The van der Waals surface area contributed by atoms with Gasteiger partial charge in [0.25, 0.3) is 0 Å². The summed E-state index contributed by atoms with van der Waals surface area (Å²) in [5.41, 5.74) is 0.708. The Bertz CT molecular complexity index is 832.